The molecule has 10 nitrogen and oxygen atoms in total. The molecule has 0 heterocycles. The van der Waals surface area contributed by atoms with Gasteiger partial charge in [-0.25, -0.2) is 9.59 Å². The molecule has 0 spiro atoms. The molecule has 0 atom stereocenters. The molecule has 0 aliphatic carbocycles. The van der Waals surface area contributed by atoms with E-state index in [1.54, 1.807) is 18.2 Å². The summed E-state index contributed by atoms with van der Waals surface area (Å²) in [5.41, 5.74) is 1.28. The second-order valence-electron chi connectivity index (χ2n) is 10.3. The third kappa shape index (κ3) is 9.43. The molecule has 0 bridgehead atoms. The maximum atomic E-state index is 13.1. The van der Waals surface area contributed by atoms with Crippen molar-refractivity contribution in [1.82, 2.24) is 4.90 Å². The number of hydrogen-bond donors (Lipinski definition) is 0. The van der Waals surface area contributed by atoms with Crippen LogP contribution in [0.2, 0.25) is 0 Å². The van der Waals surface area contributed by atoms with E-state index >= 15 is 0 Å². The first-order valence-electron chi connectivity index (χ1n) is 15.0. The number of carbonyl (C=O) groups excluding carboxylic acids is 2. The van der Waals surface area contributed by atoms with Gasteiger partial charge < -0.3 is 38.1 Å². The Morgan fingerprint density at radius 1 is 0.674 bits per heavy atom. The minimum absolute atomic E-state index is 0.137. The first-order valence-corrected chi connectivity index (χ1v) is 15.0. The van der Waals surface area contributed by atoms with Crippen molar-refractivity contribution in [3.63, 3.8) is 0 Å². The summed E-state index contributed by atoms with van der Waals surface area (Å²) in [4.78, 5) is 27.2. The zero-order chi connectivity index (χ0) is 32.7. The predicted octanol–water partition coefficient (Wildman–Crippen LogP) is 5.40. The molecule has 4 aromatic carbocycles. The molecule has 0 aliphatic rings. The fourth-order valence-corrected chi connectivity index (χ4v) is 4.87. The van der Waals surface area contributed by atoms with Crippen LogP contribution in [0.5, 0.6) is 17.2 Å². The smallest absolute Gasteiger partial charge is 0.339 e. The Morgan fingerprint density at radius 3 is 1.76 bits per heavy atom. The Hall–Kier alpha value is -4.64. The van der Waals surface area contributed by atoms with Crippen LogP contribution in [0.25, 0.3) is 27.6 Å². The Bertz CT molecular complexity index is 1560. The number of carbonyl (C=O) groups is 2. The number of ether oxygens (including phenoxy) is 7. The number of methoxy groups -OCH3 is 3. The van der Waals surface area contributed by atoms with E-state index in [1.807, 2.05) is 55.6 Å². The zero-order valence-corrected chi connectivity index (χ0v) is 26.8. The summed E-state index contributed by atoms with van der Waals surface area (Å²) in [5, 5.41) is 3.74. The summed E-state index contributed by atoms with van der Waals surface area (Å²) >= 11 is 0. The van der Waals surface area contributed by atoms with E-state index in [4.69, 9.17) is 33.2 Å². The maximum Gasteiger partial charge on any atom is 0.339 e. The molecule has 4 rings (SSSR count). The largest absolute Gasteiger partial charge is 0.493 e. The van der Waals surface area contributed by atoms with Crippen LogP contribution >= 0.6 is 0 Å². The SMILES string of the molecule is COc1cc(/C=C/C(=O)OCCOCCN(C)CCOCCOC(=O)c2c3ccccc3cc3ccccc23)cc(OC)c1OC. The van der Waals surface area contributed by atoms with E-state index in [1.165, 1.54) is 27.4 Å². The lowest BCUT2D eigenvalue weighted by Crippen LogP contribution is -2.28. The molecule has 0 N–H and O–H groups in total. The summed E-state index contributed by atoms with van der Waals surface area (Å²) < 4.78 is 38.0. The van der Waals surface area contributed by atoms with E-state index in [9.17, 15) is 9.59 Å². The Labute approximate surface area is 269 Å². The van der Waals surface area contributed by atoms with Gasteiger partial charge >= 0.3 is 11.9 Å². The molecule has 10 heteroatoms. The standard InChI is InChI=1S/C36H41NO9/c1-37(15-17-43-19-21-45-33(38)14-13-26-23-31(40-2)35(42-4)32(24-26)41-3)16-18-44-20-22-46-36(39)34-29-11-7-5-9-27(29)25-28-10-6-8-12-30(28)34/h5-14,23-25H,15-22H2,1-4H3/b14-13+. The van der Waals surface area contributed by atoms with Crippen molar-refractivity contribution in [3.05, 3.63) is 83.9 Å². The van der Waals surface area contributed by atoms with Gasteiger partial charge in [0.05, 0.1) is 53.3 Å². The average Bonchev–Trinajstić information content (AvgIpc) is 3.08. The molecule has 0 aliphatic heterocycles. The van der Waals surface area contributed by atoms with Gasteiger partial charge in [-0.3, -0.25) is 0 Å². The van der Waals surface area contributed by atoms with Crippen molar-refractivity contribution >= 4 is 39.6 Å². The number of benzene rings is 4. The summed E-state index contributed by atoms with van der Waals surface area (Å²) in [7, 11) is 6.55. The summed E-state index contributed by atoms with van der Waals surface area (Å²) in [6, 6.07) is 21.2. The normalized spacial score (nSPS) is 11.3. The highest BCUT2D eigenvalue weighted by molar-refractivity contribution is 6.16. The molecule has 4 aromatic rings. The van der Waals surface area contributed by atoms with Gasteiger partial charge in [-0.15, -0.1) is 0 Å². The molecule has 0 saturated heterocycles. The molecule has 0 saturated carbocycles. The third-order valence-corrected chi connectivity index (χ3v) is 7.24. The van der Waals surface area contributed by atoms with Gasteiger partial charge in [0.2, 0.25) is 5.75 Å². The second kappa shape index (κ2) is 17.7. The van der Waals surface area contributed by atoms with Crippen molar-refractivity contribution in [2.75, 3.05) is 81.1 Å². The van der Waals surface area contributed by atoms with Gasteiger partial charge in [-0.2, -0.15) is 0 Å². The molecule has 0 radical (unpaired) electrons. The number of esters is 2. The lowest BCUT2D eigenvalue weighted by Gasteiger charge is -2.16. The zero-order valence-electron chi connectivity index (χ0n) is 26.8. The number of likely N-dealkylation sites (N-methyl/N-ethyl adjacent to an activating group) is 1. The molecular formula is C36H41NO9. The molecular weight excluding hydrogens is 590 g/mol. The van der Waals surface area contributed by atoms with Crippen LogP contribution in [0.15, 0.2) is 72.8 Å². The topological polar surface area (TPSA) is 102 Å². The molecule has 0 amide bonds. The first kappa shape index (κ1) is 34.2. The molecule has 0 fully saturated rings. The minimum Gasteiger partial charge on any atom is -0.493 e. The molecule has 46 heavy (non-hydrogen) atoms. The summed E-state index contributed by atoms with van der Waals surface area (Å²) in [6.07, 6.45) is 2.95. The van der Waals surface area contributed by atoms with E-state index in [2.05, 4.69) is 11.0 Å². The predicted molar refractivity (Wildman–Crippen MR) is 177 cm³/mol. The lowest BCUT2D eigenvalue weighted by molar-refractivity contribution is -0.139. The van der Waals surface area contributed by atoms with Crippen molar-refractivity contribution in [3.8, 4) is 17.2 Å². The number of nitrogens with zero attached hydrogens (tertiary/aromatic N) is 1. The highest BCUT2D eigenvalue weighted by atomic mass is 16.6. The van der Waals surface area contributed by atoms with Gasteiger partial charge in [0.15, 0.2) is 11.5 Å². The van der Waals surface area contributed by atoms with Crippen LogP contribution in [0, 0.1) is 0 Å². The second-order valence-corrected chi connectivity index (χ2v) is 10.3. The van der Waals surface area contributed by atoms with Gasteiger partial charge in [0, 0.05) is 19.2 Å². The van der Waals surface area contributed by atoms with Crippen LogP contribution in [0.1, 0.15) is 15.9 Å². The van der Waals surface area contributed by atoms with E-state index in [0.717, 1.165) is 21.5 Å². The van der Waals surface area contributed by atoms with Gasteiger partial charge in [0.25, 0.3) is 0 Å². The minimum atomic E-state index is -0.484. The summed E-state index contributed by atoms with van der Waals surface area (Å²) in [5.74, 6) is 0.623. The van der Waals surface area contributed by atoms with E-state index < -0.39 is 5.97 Å². The van der Waals surface area contributed by atoms with Crippen LogP contribution in [-0.4, -0.2) is 97.9 Å². The van der Waals surface area contributed by atoms with Crippen LogP contribution < -0.4 is 14.2 Å². The highest BCUT2D eigenvalue weighted by Crippen LogP contribution is 2.38. The monoisotopic (exact) mass is 631 g/mol. The fourth-order valence-electron chi connectivity index (χ4n) is 4.87. The molecule has 0 aromatic heterocycles. The third-order valence-electron chi connectivity index (χ3n) is 7.24. The van der Waals surface area contributed by atoms with E-state index in [0.29, 0.717) is 61.3 Å². The van der Waals surface area contributed by atoms with Crippen LogP contribution in [0.4, 0.5) is 0 Å². The summed E-state index contributed by atoms with van der Waals surface area (Å²) in [6.45, 7) is 3.22. The number of hydrogen-bond acceptors (Lipinski definition) is 10. The van der Waals surface area contributed by atoms with Crippen molar-refractivity contribution in [2.45, 2.75) is 0 Å². The lowest BCUT2D eigenvalue weighted by atomic mass is 9.97. The Balaban J connectivity index is 1.07. The highest BCUT2D eigenvalue weighted by Gasteiger charge is 2.16. The number of fused-ring (bicyclic) bond motifs is 2. The van der Waals surface area contributed by atoms with Gasteiger partial charge in [0.1, 0.15) is 13.2 Å². The maximum absolute atomic E-state index is 13.1. The van der Waals surface area contributed by atoms with E-state index in [-0.39, 0.29) is 25.8 Å². The average molecular weight is 632 g/mol. The number of rotatable bonds is 18. The Morgan fingerprint density at radius 2 is 1.22 bits per heavy atom. The van der Waals surface area contributed by atoms with Crippen molar-refractivity contribution < 1.29 is 42.7 Å². The quantitative estimate of drug-likeness (QED) is 0.0614. The fraction of sp³-hybridized carbons (Fsp3) is 0.333. The van der Waals surface area contributed by atoms with Crippen LogP contribution in [-0.2, 0) is 23.7 Å². The van der Waals surface area contributed by atoms with Gasteiger partial charge in [-0.1, -0.05) is 48.5 Å². The molecule has 244 valence electrons. The van der Waals surface area contributed by atoms with Gasteiger partial charge in [-0.05, 0) is 58.4 Å². The van der Waals surface area contributed by atoms with Crippen molar-refractivity contribution in [2.24, 2.45) is 0 Å². The molecule has 0 unspecified atom stereocenters. The van der Waals surface area contributed by atoms with Crippen LogP contribution in [0.3, 0.4) is 0 Å². The Kier molecular flexibility index (Phi) is 13.2. The first-order chi connectivity index (χ1) is 22.4. The van der Waals surface area contributed by atoms with Crippen molar-refractivity contribution in [1.29, 1.82) is 0 Å².